The van der Waals surface area contributed by atoms with Gasteiger partial charge in [-0.05, 0) is 19.4 Å². The van der Waals surface area contributed by atoms with Crippen molar-refractivity contribution in [1.82, 2.24) is 14.1 Å². The van der Waals surface area contributed by atoms with Gasteiger partial charge in [-0.3, -0.25) is 0 Å². The van der Waals surface area contributed by atoms with Crippen LogP contribution < -0.4 is 10.2 Å². The van der Waals surface area contributed by atoms with E-state index in [0.717, 1.165) is 42.8 Å². The minimum absolute atomic E-state index is 0.0942. The third-order valence-electron chi connectivity index (χ3n) is 3.99. The normalized spacial score (nSPS) is 23.5. The Hall–Kier alpha value is -0.620. The molecule has 1 aliphatic rings. The van der Waals surface area contributed by atoms with E-state index in [1.165, 1.54) is 11.7 Å². The molecule has 4 nitrogen and oxygen atoms in total. The molecule has 1 N–H and O–H groups in total. The predicted octanol–water partition coefficient (Wildman–Crippen LogP) is 3.58. The van der Waals surface area contributed by atoms with Gasteiger partial charge in [-0.1, -0.05) is 30.1 Å². The Morgan fingerprint density at radius 3 is 2.85 bits per heavy atom. The first-order valence-electron chi connectivity index (χ1n) is 6.64. The van der Waals surface area contributed by atoms with Crippen LogP contribution in [0, 0.1) is 0 Å². The van der Waals surface area contributed by atoms with Crippen LogP contribution in [0.2, 0.25) is 10.0 Å². The average Bonchev–Trinajstić information content (AvgIpc) is 2.88. The number of hydrogen-bond donors (Lipinski definition) is 1. The van der Waals surface area contributed by atoms with Gasteiger partial charge in [0.05, 0.1) is 27.5 Å². The van der Waals surface area contributed by atoms with Crippen molar-refractivity contribution in [3.63, 3.8) is 0 Å². The summed E-state index contributed by atoms with van der Waals surface area (Å²) in [7, 11) is 0. The Bertz CT molecular complexity index is 645. The first kappa shape index (κ1) is 14.3. The highest BCUT2D eigenvalue weighted by Crippen LogP contribution is 2.38. The Balaban J connectivity index is 2.08. The zero-order valence-corrected chi connectivity index (χ0v) is 13.7. The fourth-order valence-corrected chi connectivity index (χ4v) is 3.87. The molecule has 2 aromatic rings. The molecule has 1 saturated heterocycles. The third-order valence-corrected chi connectivity index (χ3v) is 5.09. The molecular formula is C13H16Cl2N4S. The first-order chi connectivity index (χ1) is 9.54. The summed E-state index contributed by atoms with van der Waals surface area (Å²) in [6, 6.07) is 1.77. The molecule has 0 bridgehead atoms. The van der Waals surface area contributed by atoms with Gasteiger partial charge in [0.2, 0.25) is 0 Å². The van der Waals surface area contributed by atoms with Gasteiger partial charge in [-0.15, -0.1) is 0 Å². The van der Waals surface area contributed by atoms with Gasteiger partial charge in [-0.25, -0.2) is 0 Å². The molecule has 1 fully saturated rings. The summed E-state index contributed by atoms with van der Waals surface area (Å²) in [5.41, 5.74) is 2.61. The lowest BCUT2D eigenvalue weighted by atomic mass is 9.95. The summed E-state index contributed by atoms with van der Waals surface area (Å²) in [6.45, 7) is 7.17. The minimum Gasteiger partial charge on any atom is -0.365 e. The fourth-order valence-electron chi connectivity index (χ4n) is 2.64. The molecule has 1 unspecified atom stereocenters. The standard InChI is InChI=1S/C13H16Cl2N4S/c1-3-13(2)7-19(5-4-16-13)12-9(15)6-8(14)10-11(12)18-20-17-10/h6,16H,3-5,7H2,1-2H3. The van der Waals surface area contributed by atoms with Crippen LogP contribution in [0.5, 0.6) is 0 Å². The Morgan fingerprint density at radius 1 is 1.35 bits per heavy atom. The van der Waals surface area contributed by atoms with E-state index >= 15 is 0 Å². The van der Waals surface area contributed by atoms with Crippen molar-refractivity contribution in [1.29, 1.82) is 0 Å². The molecule has 2 heterocycles. The molecule has 1 aromatic heterocycles. The summed E-state index contributed by atoms with van der Waals surface area (Å²) in [4.78, 5) is 2.29. The molecule has 0 spiro atoms. The lowest BCUT2D eigenvalue weighted by Crippen LogP contribution is -2.58. The number of hydrogen-bond acceptors (Lipinski definition) is 5. The van der Waals surface area contributed by atoms with Crippen molar-refractivity contribution < 1.29 is 0 Å². The molecule has 1 atom stereocenters. The topological polar surface area (TPSA) is 41.1 Å². The lowest BCUT2D eigenvalue weighted by molar-refractivity contribution is 0.314. The molecule has 0 aliphatic carbocycles. The van der Waals surface area contributed by atoms with Crippen LogP contribution in [0.3, 0.4) is 0 Å². The van der Waals surface area contributed by atoms with Crippen molar-refractivity contribution in [3.8, 4) is 0 Å². The maximum atomic E-state index is 6.43. The Labute approximate surface area is 132 Å². The van der Waals surface area contributed by atoms with Gasteiger partial charge in [-0.2, -0.15) is 8.75 Å². The number of nitrogens with one attached hydrogen (secondary N) is 1. The summed E-state index contributed by atoms with van der Waals surface area (Å²) < 4.78 is 8.66. The van der Waals surface area contributed by atoms with Crippen LogP contribution in [0.4, 0.5) is 5.69 Å². The van der Waals surface area contributed by atoms with Crippen LogP contribution in [0.1, 0.15) is 20.3 Å². The highest BCUT2D eigenvalue weighted by molar-refractivity contribution is 7.00. The van der Waals surface area contributed by atoms with Crippen molar-refractivity contribution in [3.05, 3.63) is 16.1 Å². The number of halogens is 2. The number of nitrogens with zero attached hydrogens (tertiary/aromatic N) is 3. The van der Waals surface area contributed by atoms with E-state index in [4.69, 9.17) is 23.2 Å². The quantitative estimate of drug-likeness (QED) is 0.913. The number of fused-ring (bicyclic) bond motifs is 1. The van der Waals surface area contributed by atoms with Gasteiger partial charge in [0, 0.05) is 25.2 Å². The second-order valence-electron chi connectivity index (χ2n) is 5.41. The third kappa shape index (κ3) is 2.37. The van der Waals surface area contributed by atoms with Crippen molar-refractivity contribution in [2.75, 3.05) is 24.5 Å². The number of rotatable bonds is 2. The number of aromatic nitrogens is 2. The Kier molecular flexibility index (Phi) is 3.79. The van der Waals surface area contributed by atoms with E-state index in [-0.39, 0.29) is 5.54 Å². The smallest absolute Gasteiger partial charge is 0.131 e. The largest absolute Gasteiger partial charge is 0.365 e. The summed E-state index contributed by atoms with van der Waals surface area (Å²) in [5.74, 6) is 0. The van der Waals surface area contributed by atoms with Crippen molar-refractivity contribution >= 4 is 51.7 Å². The zero-order chi connectivity index (χ0) is 14.3. The number of piperazine rings is 1. The molecule has 1 aliphatic heterocycles. The van der Waals surface area contributed by atoms with E-state index in [1.807, 2.05) is 0 Å². The van der Waals surface area contributed by atoms with E-state index < -0.39 is 0 Å². The summed E-state index contributed by atoms with van der Waals surface area (Å²) in [5, 5.41) is 4.79. The lowest BCUT2D eigenvalue weighted by Gasteiger charge is -2.42. The highest BCUT2D eigenvalue weighted by Gasteiger charge is 2.31. The zero-order valence-electron chi connectivity index (χ0n) is 11.4. The van der Waals surface area contributed by atoms with E-state index in [9.17, 15) is 0 Å². The number of anilines is 1. The fraction of sp³-hybridized carbons (Fsp3) is 0.538. The summed E-state index contributed by atoms with van der Waals surface area (Å²) >= 11 is 13.8. The molecule has 20 heavy (non-hydrogen) atoms. The second kappa shape index (κ2) is 5.30. The molecule has 7 heteroatoms. The number of benzene rings is 1. The molecule has 1 aromatic carbocycles. The van der Waals surface area contributed by atoms with E-state index in [0.29, 0.717) is 10.0 Å². The minimum atomic E-state index is 0.0942. The monoisotopic (exact) mass is 330 g/mol. The van der Waals surface area contributed by atoms with Gasteiger partial charge in [0.15, 0.2) is 0 Å². The van der Waals surface area contributed by atoms with Gasteiger partial charge >= 0.3 is 0 Å². The predicted molar refractivity (Wildman–Crippen MR) is 86.3 cm³/mol. The molecule has 0 saturated carbocycles. The first-order valence-corrected chi connectivity index (χ1v) is 8.13. The van der Waals surface area contributed by atoms with Gasteiger partial charge < -0.3 is 10.2 Å². The van der Waals surface area contributed by atoms with Crippen LogP contribution in [0.25, 0.3) is 11.0 Å². The van der Waals surface area contributed by atoms with Crippen LogP contribution >= 0.6 is 34.9 Å². The maximum absolute atomic E-state index is 6.43. The average molecular weight is 331 g/mol. The SMILES string of the molecule is CCC1(C)CN(c2c(Cl)cc(Cl)c3nsnc23)CCN1. The van der Waals surface area contributed by atoms with Crippen molar-refractivity contribution in [2.24, 2.45) is 0 Å². The van der Waals surface area contributed by atoms with E-state index in [1.54, 1.807) is 6.07 Å². The Morgan fingerprint density at radius 2 is 2.10 bits per heavy atom. The van der Waals surface area contributed by atoms with Crippen molar-refractivity contribution in [2.45, 2.75) is 25.8 Å². The van der Waals surface area contributed by atoms with Gasteiger partial charge in [0.1, 0.15) is 11.0 Å². The molecule has 108 valence electrons. The molecule has 3 rings (SSSR count). The second-order valence-corrected chi connectivity index (χ2v) is 6.76. The van der Waals surface area contributed by atoms with E-state index in [2.05, 4.69) is 32.8 Å². The molecular weight excluding hydrogens is 315 g/mol. The molecule has 0 radical (unpaired) electrons. The van der Waals surface area contributed by atoms with Gasteiger partial charge in [0.25, 0.3) is 0 Å². The molecule has 0 amide bonds. The maximum Gasteiger partial charge on any atom is 0.131 e. The summed E-state index contributed by atoms with van der Waals surface area (Å²) in [6.07, 6.45) is 1.06. The van der Waals surface area contributed by atoms with Crippen LogP contribution in [-0.2, 0) is 0 Å². The van der Waals surface area contributed by atoms with Crippen LogP contribution in [-0.4, -0.2) is 33.9 Å². The highest BCUT2D eigenvalue weighted by atomic mass is 35.5. The van der Waals surface area contributed by atoms with Crippen LogP contribution in [0.15, 0.2) is 6.07 Å².